The molecule has 21 heavy (non-hydrogen) atoms. The van der Waals surface area contributed by atoms with Gasteiger partial charge in [0.05, 0.1) is 0 Å². The highest BCUT2D eigenvalue weighted by molar-refractivity contribution is 5.92. The lowest BCUT2D eigenvalue weighted by atomic mass is 10.3. The topological polar surface area (TPSA) is 69.9 Å². The highest BCUT2D eigenvalue weighted by Crippen LogP contribution is 2.17. The fourth-order valence-electron chi connectivity index (χ4n) is 2.37. The third kappa shape index (κ3) is 3.52. The average molecular weight is 290 g/mol. The van der Waals surface area contributed by atoms with E-state index in [0.29, 0.717) is 18.0 Å². The third-order valence-electron chi connectivity index (χ3n) is 3.57. The van der Waals surface area contributed by atoms with Crippen LogP contribution in [-0.4, -0.2) is 51.5 Å². The van der Waals surface area contributed by atoms with Gasteiger partial charge in [-0.05, 0) is 38.2 Å². The molecule has 0 aliphatic heterocycles. The fraction of sp³-hybridized carbons (Fsp3) is 0.467. The van der Waals surface area contributed by atoms with Crippen molar-refractivity contribution in [2.75, 3.05) is 31.5 Å². The zero-order valence-corrected chi connectivity index (χ0v) is 12.5. The van der Waals surface area contributed by atoms with E-state index in [0.717, 1.165) is 26.1 Å². The van der Waals surface area contributed by atoms with E-state index < -0.39 is 5.97 Å². The van der Waals surface area contributed by atoms with Gasteiger partial charge in [-0.15, -0.1) is 0 Å². The van der Waals surface area contributed by atoms with Crippen molar-refractivity contribution in [2.45, 2.75) is 20.3 Å². The Kier molecular flexibility index (Phi) is 5.16. The largest absolute Gasteiger partial charge is 0.476 e. The minimum Gasteiger partial charge on any atom is -0.476 e. The van der Waals surface area contributed by atoms with Crippen LogP contribution < -0.4 is 5.32 Å². The first-order valence-corrected chi connectivity index (χ1v) is 7.34. The van der Waals surface area contributed by atoms with E-state index in [9.17, 15) is 9.90 Å². The molecule has 0 aromatic carbocycles. The Morgan fingerprint density at radius 3 is 2.81 bits per heavy atom. The van der Waals surface area contributed by atoms with Crippen LogP contribution >= 0.6 is 0 Å². The van der Waals surface area contributed by atoms with Crippen LogP contribution in [0, 0.1) is 0 Å². The van der Waals surface area contributed by atoms with Crippen molar-refractivity contribution in [1.82, 2.24) is 14.3 Å². The molecule has 2 N–H and O–H groups in total. The van der Waals surface area contributed by atoms with Crippen LogP contribution in [0.15, 0.2) is 24.4 Å². The lowest BCUT2D eigenvalue weighted by Crippen LogP contribution is -2.25. The molecule has 0 aliphatic rings. The average Bonchev–Trinajstić information content (AvgIpc) is 2.85. The number of hydrogen-bond donors (Lipinski definition) is 2. The van der Waals surface area contributed by atoms with E-state index in [-0.39, 0.29) is 5.69 Å². The van der Waals surface area contributed by atoms with Gasteiger partial charge in [0.15, 0.2) is 11.5 Å². The van der Waals surface area contributed by atoms with Crippen molar-refractivity contribution < 1.29 is 9.90 Å². The number of hydrogen-bond acceptors (Lipinski definition) is 4. The van der Waals surface area contributed by atoms with Crippen LogP contribution in [0.5, 0.6) is 0 Å². The molecular formula is C15H22N4O2. The third-order valence-corrected chi connectivity index (χ3v) is 3.57. The first-order chi connectivity index (χ1) is 10.2. The van der Waals surface area contributed by atoms with E-state index in [1.807, 2.05) is 6.07 Å². The van der Waals surface area contributed by atoms with Crippen LogP contribution in [0.4, 0.5) is 5.82 Å². The van der Waals surface area contributed by atoms with E-state index in [1.165, 1.54) is 0 Å². The number of nitrogens with zero attached hydrogens (tertiary/aromatic N) is 3. The molecule has 0 saturated carbocycles. The molecule has 0 bridgehead atoms. The van der Waals surface area contributed by atoms with Crippen molar-refractivity contribution in [3.63, 3.8) is 0 Å². The smallest absolute Gasteiger partial charge is 0.356 e. The summed E-state index contributed by atoms with van der Waals surface area (Å²) < 4.78 is 1.59. The van der Waals surface area contributed by atoms with Gasteiger partial charge in [0.2, 0.25) is 0 Å². The zero-order chi connectivity index (χ0) is 15.2. The molecule has 0 amide bonds. The van der Waals surface area contributed by atoms with E-state index in [4.69, 9.17) is 0 Å². The molecule has 2 heterocycles. The molecule has 0 saturated heterocycles. The van der Waals surface area contributed by atoms with Crippen molar-refractivity contribution in [2.24, 2.45) is 0 Å². The Labute approximate surface area is 124 Å². The molecule has 114 valence electrons. The second-order valence-electron chi connectivity index (χ2n) is 4.85. The summed E-state index contributed by atoms with van der Waals surface area (Å²) in [6, 6.07) is 5.44. The second-order valence-corrected chi connectivity index (χ2v) is 4.85. The minimum absolute atomic E-state index is 0.188. The summed E-state index contributed by atoms with van der Waals surface area (Å²) >= 11 is 0. The zero-order valence-electron chi connectivity index (χ0n) is 12.5. The van der Waals surface area contributed by atoms with Crippen LogP contribution in [0.3, 0.4) is 0 Å². The number of aromatic carboxylic acids is 1. The van der Waals surface area contributed by atoms with Gasteiger partial charge in [0.25, 0.3) is 0 Å². The van der Waals surface area contributed by atoms with Gasteiger partial charge >= 0.3 is 5.97 Å². The first kappa shape index (κ1) is 15.3. The number of rotatable bonds is 8. The fourth-order valence-corrected chi connectivity index (χ4v) is 2.37. The number of fused-ring (bicyclic) bond motifs is 1. The number of aromatic nitrogens is 2. The highest BCUT2D eigenvalue weighted by Gasteiger charge is 2.17. The van der Waals surface area contributed by atoms with Crippen LogP contribution in [-0.2, 0) is 0 Å². The van der Waals surface area contributed by atoms with Crippen LogP contribution in [0.1, 0.15) is 30.8 Å². The first-order valence-electron chi connectivity index (χ1n) is 7.34. The summed E-state index contributed by atoms with van der Waals surface area (Å²) in [5, 5.41) is 12.5. The summed E-state index contributed by atoms with van der Waals surface area (Å²) in [5.41, 5.74) is 0.828. The minimum atomic E-state index is -0.972. The Balaban J connectivity index is 2.05. The number of anilines is 1. The maximum absolute atomic E-state index is 11.4. The Bertz CT molecular complexity index is 605. The summed E-state index contributed by atoms with van der Waals surface area (Å²) in [6.45, 7) is 8.05. The molecule has 0 unspecified atom stereocenters. The maximum atomic E-state index is 11.4. The number of nitrogens with one attached hydrogen (secondary N) is 1. The molecule has 0 aliphatic carbocycles. The lowest BCUT2D eigenvalue weighted by Gasteiger charge is -2.17. The summed E-state index contributed by atoms with van der Waals surface area (Å²) in [7, 11) is 0. The molecule has 2 aromatic rings. The Morgan fingerprint density at radius 2 is 2.14 bits per heavy atom. The van der Waals surface area contributed by atoms with Crippen molar-refractivity contribution in [3.05, 3.63) is 30.1 Å². The number of carboxylic acids is 1. The number of imidazole rings is 1. The maximum Gasteiger partial charge on any atom is 0.356 e. The van der Waals surface area contributed by atoms with Crippen molar-refractivity contribution in [1.29, 1.82) is 0 Å². The lowest BCUT2D eigenvalue weighted by molar-refractivity contribution is 0.0690. The number of pyridine rings is 1. The van der Waals surface area contributed by atoms with Gasteiger partial charge < -0.3 is 15.3 Å². The quantitative estimate of drug-likeness (QED) is 0.729. The monoisotopic (exact) mass is 290 g/mol. The van der Waals surface area contributed by atoms with Gasteiger partial charge in [-0.3, -0.25) is 4.40 Å². The summed E-state index contributed by atoms with van der Waals surface area (Å²) in [5.74, 6) is -0.534. The predicted octanol–water partition coefficient (Wildman–Crippen LogP) is 2.18. The van der Waals surface area contributed by atoms with E-state index in [2.05, 4.69) is 29.0 Å². The normalized spacial score (nSPS) is 11.2. The van der Waals surface area contributed by atoms with Crippen LogP contribution in [0.2, 0.25) is 0 Å². The van der Waals surface area contributed by atoms with E-state index in [1.54, 1.807) is 22.7 Å². The standard InChI is InChI=1S/C15H22N4O2/c1-3-18(4-2)10-7-9-16-14-13(15(20)21)19-11-6-5-8-12(19)17-14/h5-6,8,11,16H,3-4,7,9-10H2,1-2H3,(H,20,21). The molecule has 2 rings (SSSR count). The SMILES string of the molecule is CCN(CC)CCCNc1nc2ccccn2c1C(=O)O. The molecule has 0 radical (unpaired) electrons. The molecular weight excluding hydrogens is 268 g/mol. The number of carbonyl (C=O) groups is 1. The highest BCUT2D eigenvalue weighted by atomic mass is 16.4. The Hall–Kier alpha value is -2.08. The van der Waals surface area contributed by atoms with Crippen molar-refractivity contribution in [3.8, 4) is 0 Å². The summed E-state index contributed by atoms with van der Waals surface area (Å²) in [6.07, 6.45) is 2.67. The molecule has 6 heteroatoms. The summed E-state index contributed by atoms with van der Waals surface area (Å²) in [4.78, 5) is 18.1. The van der Waals surface area contributed by atoms with Crippen LogP contribution in [0.25, 0.3) is 5.65 Å². The van der Waals surface area contributed by atoms with Gasteiger partial charge in [-0.25, -0.2) is 9.78 Å². The van der Waals surface area contributed by atoms with Gasteiger partial charge in [-0.1, -0.05) is 19.9 Å². The second kappa shape index (κ2) is 7.08. The van der Waals surface area contributed by atoms with Gasteiger partial charge in [0.1, 0.15) is 5.65 Å². The molecule has 0 atom stereocenters. The molecule has 0 fully saturated rings. The molecule has 6 nitrogen and oxygen atoms in total. The molecule has 2 aromatic heterocycles. The predicted molar refractivity (Wildman–Crippen MR) is 83.0 cm³/mol. The Morgan fingerprint density at radius 1 is 1.38 bits per heavy atom. The van der Waals surface area contributed by atoms with Gasteiger partial charge in [0, 0.05) is 12.7 Å². The van der Waals surface area contributed by atoms with Crippen molar-refractivity contribution >= 4 is 17.4 Å². The van der Waals surface area contributed by atoms with Gasteiger partial charge in [-0.2, -0.15) is 0 Å². The molecule has 0 spiro atoms. The van der Waals surface area contributed by atoms with E-state index >= 15 is 0 Å². The number of carboxylic acid groups (broad SMARTS) is 1.